The number of ether oxygens (including phenoxy) is 1. The zero-order valence-electron chi connectivity index (χ0n) is 9.69. The molecule has 1 saturated carbocycles. The second-order valence-corrected chi connectivity index (χ2v) is 4.33. The van der Waals surface area contributed by atoms with Gasteiger partial charge < -0.3 is 4.74 Å². The van der Waals surface area contributed by atoms with Crippen molar-refractivity contribution in [2.45, 2.75) is 31.8 Å². The molecule has 0 heterocycles. The first kappa shape index (κ1) is 11.8. The summed E-state index contributed by atoms with van der Waals surface area (Å²) in [6, 6.07) is 8.70. The molecular weight excluding hydrogens is 214 g/mol. The van der Waals surface area contributed by atoms with Crippen LogP contribution < -0.4 is 0 Å². The first-order valence-corrected chi connectivity index (χ1v) is 5.94. The number of benzene rings is 1. The number of carbonyl (C=O) groups excluding carboxylic acids is 1. The predicted molar refractivity (Wildman–Crippen MR) is 63.7 cm³/mol. The smallest absolute Gasteiger partial charge is 0.188 e. The quantitative estimate of drug-likeness (QED) is 0.746. The lowest BCUT2D eigenvalue weighted by Crippen LogP contribution is -2.15. The van der Waals surface area contributed by atoms with Gasteiger partial charge in [-0.2, -0.15) is 5.26 Å². The van der Waals surface area contributed by atoms with Crippen molar-refractivity contribution in [2.24, 2.45) is 0 Å². The van der Waals surface area contributed by atoms with Gasteiger partial charge in [0.1, 0.15) is 6.61 Å². The third kappa shape index (κ3) is 3.15. The Hall–Kier alpha value is -1.66. The molecule has 0 saturated heterocycles. The number of Topliss-reactive ketones (excluding diaryl/α,β-unsaturated/α-hetero) is 1. The van der Waals surface area contributed by atoms with Crippen LogP contribution in [0.4, 0.5) is 0 Å². The summed E-state index contributed by atoms with van der Waals surface area (Å²) < 4.78 is 5.56. The molecular formula is C14H15NO2. The molecule has 0 atom stereocenters. The highest BCUT2D eigenvalue weighted by Gasteiger charge is 2.17. The maximum absolute atomic E-state index is 11.8. The summed E-state index contributed by atoms with van der Waals surface area (Å²) in [5.74, 6) is -0.0126. The molecule has 3 nitrogen and oxygen atoms in total. The number of carbonyl (C=O) groups is 1. The van der Waals surface area contributed by atoms with Gasteiger partial charge in [-0.15, -0.1) is 0 Å². The molecule has 1 aromatic carbocycles. The van der Waals surface area contributed by atoms with E-state index in [1.165, 1.54) is 12.8 Å². The summed E-state index contributed by atoms with van der Waals surface area (Å²) in [4.78, 5) is 11.8. The van der Waals surface area contributed by atoms with Gasteiger partial charge in [-0.3, -0.25) is 4.79 Å². The van der Waals surface area contributed by atoms with E-state index in [-0.39, 0.29) is 18.5 Å². The van der Waals surface area contributed by atoms with Gasteiger partial charge in [0.25, 0.3) is 0 Å². The maximum Gasteiger partial charge on any atom is 0.188 e. The Morgan fingerprint density at radius 2 is 1.94 bits per heavy atom. The highest BCUT2D eigenvalue weighted by molar-refractivity contribution is 5.97. The van der Waals surface area contributed by atoms with Crippen LogP contribution in [-0.2, 0) is 4.74 Å². The third-order valence-electron chi connectivity index (χ3n) is 3.09. The second kappa shape index (κ2) is 5.60. The second-order valence-electron chi connectivity index (χ2n) is 4.33. The number of rotatable bonds is 4. The monoisotopic (exact) mass is 229 g/mol. The molecule has 0 radical (unpaired) electrons. The van der Waals surface area contributed by atoms with Gasteiger partial charge >= 0.3 is 0 Å². The molecule has 0 bridgehead atoms. The van der Waals surface area contributed by atoms with Crippen LogP contribution in [0.15, 0.2) is 24.3 Å². The molecule has 17 heavy (non-hydrogen) atoms. The van der Waals surface area contributed by atoms with Crippen LogP contribution in [0.5, 0.6) is 0 Å². The highest BCUT2D eigenvalue weighted by atomic mass is 16.5. The number of nitriles is 1. The number of ketones is 1. The van der Waals surface area contributed by atoms with E-state index >= 15 is 0 Å². The Labute approximate surface area is 101 Å². The summed E-state index contributed by atoms with van der Waals surface area (Å²) in [5.41, 5.74) is 1.18. The predicted octanol–water partition coefficient (Wildman–Crippen LogP) is 2.70. The van der Waals surface area contributed by atoms with Crippen molar-refractivity contribution in [1.82, 2.24) is 0 Å². The minimum absolute atomic E-state index is 0.0126. The maximum atomic E-state index is 11.8. The van der Waals surface area contributed by atoms with Gasteiger partial charge in [-0.25, -0.2) is 0 Å². The van der Waals surface area contributed by atoms with Gasteiger partial charge in [0.15, 0.2) is 5.78 Å². The molecule has 2 rings (SSSR count). The van der Waals surface area contributed by atoms with Crippen molar-refractivity contribution < 1.29 is 9.53 Å². The minimum Gasteiger partial charge on any atom is -0.370 e. The number of hydrogen-bond acceptors (Lipinski definition) is 3. The van der Waals surface area contributed by atoms with E-state index in [0.717, 1.165) is 12.8 Å². The van der Waals surface area contributed by atoms with E-state index in [9.17, 15) is 4.79 Å². The van der Waals surface area contributed by atoms with E-state index in [1.54, 1.807) is 24.3 Å². The lowest BCUT2D eigenvalue weighted by molar-refractivity contribution is 0.0482. The lowest BCUT2D eigenvalue weighted by Gasteiger charge is -2.09. The summed E-state index contributed by atoms with van der Waals surface area (Å²) in [6.45, 7) is 0.149. The van der Waals surface area contributed by atoms with Crippen LogP contribution in [0.2, 0.25) is 0 Å². The molecule has 1 aliphatic rings. The van der Waals surface area contributed by atoms with Crippen molar-refractivity contribution in [1.29, 1.82) is 5.26 Å². The van der Waals surface area contributed by atoms with Gasteiger partial charge in [0.2, 0.25) is 0 Å². The Balaban J connectivity index is 1.88. The SMILES string of the molecule is N#Cc1ccc(C(=O)COC2CCCC2)cc1. The Morgan fingerprint density at radius 1 is 1.29 bits per heavy atom. The molecule has 1 aliphatic carbocycles. The summed E-state index contributed by atoms with van der Waals surface area (Å²) in [7, 11) is 0. The normalized spacial score (nSPS) is 15.7. The molecule has 0 aromatic heterocycles. The summed E-state index contributed by atoms with van der Waals surface area (Å²) in [6.07, 6.45) is 4.81. The summed E-state index contributed by atoms with van der Waals surface area (Å²) in [5, 5.41) is 8.65. The largest absolute Gasteiger partial charge is 0.370 e. The first-order valence-electron chi connectivity index (χ1n) is 5.94. The van der Waals surface area contributed by atoms with Crippen LogP contribution >= 0.6 is 0 Å². The van der Waals surface area contributed by atoms with Crippen molar-refractivity contribution >= 4 is 5.78 Å². The van der Waals surface area contributed by atoms with Gasteiger partial charge in [0, 0.05) is 5.56 Å². The van der Waals surface area contributed by atoms with Gasteiger partial charge in [-0.1, -0.05) is 25.0 Å². The van der Waals surface area contributed by atoms with Crippen LogP contribution in [0.3, 0.4) is 0 Å². The molecule has 0 N–H and O–H groups in total. The zero-order valence-corrected chi connectivity index (χ0v) is 9.69. The average Bonchev–Trinajstić information content (AvgIpc) is 2.89. The molecule has 1 aromatic rings. The van der Waals surface area contributed by atoms with Crippen molar-refractivity contribution in [2.75, 3.05) is 6.61 Å². The first-order chi connectivity index (χ1) is 8.29. The van der Waals surface area contributed by atoms with Crippen molar-refractivity contribution in [3.8, 4) is 6.07 Å². The standard InChI is InChI=1S/C14H15NO2/c15-9-11-5-7-12(8-6-11)14(16)10-17-13-3-1-2-4-13/h5-8,13H,1-4,10H2. The van der Waals surface area contributed by atoms with E-state index in [0.29, 0.717) is 11.1 Å². The Kier molecular flexibility index (Phi) is 3.89. The number of nitrogens with zero attached hydrogens (tertiary/aromatic N) is 1. The molecule has 0 unspecified atom stereocenters. The van der Waals surface area contributed by atoms with Crippen molar-refractivity contribution in [3.05, 3.63) is 35.4 Å². The fourth-order valence-corrected chi connectivity index (χ4v) is 2.06. The lowest BCUT2D eigenvalue weighted by atomic mass is 10.1. The number of hydrogen-bond donors (Lipinski definition) is 0. The third-order valence-corrected chi connectivity index (χ3v) is 3.09. The Bertz CT molecular complexity index is 425. The van der Waals surface area contributed by atoms with E-state index in [2.05, 4.69) is 0 Å². The zero-order chi connectivity index (χ0) is 12.1. The fourth-order valence-electron chi connectivity index (χ4n) is 2.06. The van der Waals surface area contributed by atoms with E-state index in [4.69, 9.17) is 10.00 Å². The Morgan fingerprint density at radius 3 is 2.53 bits per heavy atom. The van der Waals surface area contributed by atoms with Crippen LogP contribution in [0.1, 0.15) is 41.6 Å². The topological polar surface area (TPSA) is 50.1 Å². The molecule has 1 fully saturated rings. The summed E-state index contributed by atoms with van der Waals surface area (Å²) >= 11 is 0. The van der Waals surface area contributed by atoms with E-state index < -0.39 is 0 Å². The molecule has 0 amide bonds. The fraction of sp³-hybridized carbons (Fsp3) is 0.429. The highest BCUT2D eigenvalue weighted by Crippen LogP contribution is 2.21. The van der Waals surface area contributed by atoms with Gasteiger partial charge in [-0.05, 0) is 25.0 Å². The van der Waals surface area contributed by atoms with Crippen LogP contribution in [0, 0.1) is 11.3 Å². The molecule has 0 spiro atoms. The average molecular weight is 229 g/mol. The van der Waals surface area contributed by atoms with Crippen LogP contribution in [0.25, 0.3) is 0 Å². The molecule has 0 aliphatic heterocycles. The van der Waals surface area contributed by atoms with Crippen molar-refractivity contribution in [3.63, 3.8) is 0 Å². The van der Waals surface area contributed by atoms with Crippen LogP contribution in [-0.4, -0.2) is 18.5 Å². The molecule has 3 heteroatoms. The van der Waals surface area contributed by atoms with Gasteiger partial charge in [0.05, 0.1) is 17.7 Å². The van der Waals surface area contributed by atoms with E-state index in [1.807, 2.05) is 6.07 Å². The molecule has 88 valence electrons. The minimum atomic E-state index is -0.0126.